The molecule has 0 aromatic rings. The van der Waals surface area contributed by atoms with Crippen molar-refractivity contribution in [2.45, 2.75) is 19.3 Å². The third-order valence-electron chi connectivity index (χ3n) is 2.03. The molecule has 0 amide bonds. The fraction of sp³-hybridized carbons (Fsp3) is 1.00. The zero-order valence-electron chi connectivity index (χ0n) is 8.70. The van der Waals surface area contributed by atoms with Crippen LogP contribution in [0.2, 0.25) is 0 Å². The number of hydrogen-bond acceptors (Lipinski definition) is 0. The third-order valence-corrected chi connectivity index (χ3v) is 2.03. The fourth-order valence-corrected chi connectivity index (χ4v) is 1.37. The monoisotopic (exact) mass is 259 g/mol. The maximum atomic E-state index is 9.87. The minimum absolute atomic E-state index is 1.25. The Morgan fingerprint density at radius 2 is 1.00 bits per heavy atom. The Balaban J connectivity index is 0.000000265. The van der Waals surface area contributed by atoms with Crippen LogP contribution >= 0.6 is 7.81 Å². The Hall–Kier alpha value is -0.0300. The summed E-state index contributed by atoms with van der Waals surface area (Å²) in [5.74, 6) is 0. The van der Waals surface area contributed by atoms with Crippen LogP contribution in [0.25, 0.3) is 0 Å². The van der Waals surface area contributed by atoms with Gasteiger partial charge in [-0.25, -0.2) is 0 Å². The average Bonchev–Trinajstić information content (AvgIpc) is 1.78. The van der Waals surface area contributed by atoms with Crippen molar-refractivity contribution in [1.29, 1.82) is 0 Å². The summed E-state index contributed by atoms with van der Waals surface area (Å²) in [7, 11) is -6.02. The number of likely N-dealkylation sites (tertiary alicyclic amines) is 1. The molecule has 0 aliphatic carbocycles. The molecule has 0 radical (unpaired) electrons. The summed E-state index contributed by atoms with van der Waals surface area (Å²) in [5.41, 5.74) is 0. The van der Waals surface area contributed by atoms with Crippen LogP contribution < -0.4 is 0 Å². The van der Waals surface area contributed by atoms with E-state index in [2.05, 4.69) is 14.1 Å². The Morgan fingerprint density at radius 3 is 1.13 bits per heavy atom. The first kappa shape index (κ1) is 15.0. The molecular weight excluding hydrogens is 243 g/mol. The van der Waals surface area contributed by atoms with Gasteiger partial charge in [-0.2, -0.15) is 0 Å². The van der Waals surface area contributed by atoms with Crippen molar-refractivity contribution in [2.24, 2.45) is 0 Å². The second-order valence-corrected chi connectivity index (χ2v) is 6.32. The second kappa shape index (κ2) is 3.48. The molecule has 0 spiro atoms. The number of hydrogen-bond donors (Lipinski definition) is 0. The van der Waals surface area contributed by atoms with Gasteiger partial charge in [0, 0.05) is 0 Å². The molecular formula is C7H16F6NP. The first-order valence-electron chi connectivity index (χ1n) is 4.54. The van der Waals surface area contributed by atoms with Crippen molar-refractivity contribution in [3.8, 4) is 0 Å². The molecule has 1 nitrogen and oxygen atoms in total. The quantitative estimate of drug-likeness (QED) is 0.338. The SMILES string of the molecule is C[N+]1(C)CCCCC1.F[P-](F)(F)(F)(F)F. The fourth-order valence-electron chi connectivity index (χ4n) is 1.37. The summed E-state index contributed by atoms with van der Waals surface area (Å²) in [4.78, 5) is 0. The van der Waals surface area contributed by atoms with Gasteiger partial charge < -0.3 is 4.48 Å². The van der Waals surface area contributed by atoms with Crippen LogP contribution in [0.5, 0.6) is 0 Å². The molecule has 0 atom stereocenters. The normalized spacial score (nSPS) is 25.6. The van der Waals surface area contributed by atoms with Crippen molar-refractivity contribution >= 4 is 7.81 Å². The summed E-state index contributed by atoms with van der Waals surface area (Å²) in [6.07, 6.45) is 4.34. The maximum absolute atomic E-state index is 10.7. The molecule has 8 heteroatoms. The molecule has 0 unspecified atom stereocenters. The molecule has 1 heterocycles. The van der Waals surface area contributed by atoms with Crippen molar-refractivity contribution in [3.05, 3.63) is 0 Å². The third kappa shape index (κ3) is 20.1. The molecule has 1 saturated heterocycles. The molecule has 0 bridgehead atoms. The van der Waals surface area contributed by atoms with Gasteiger partial charge in [-0.05, 0) is 19.3 Å². The molecule has 1 aliphatic rings. The topological polar surface area (TPSA) is 0 Å². The molecule has 15 heavy (non-hydrogen) atoms. The summed E-state index contributed by atoms with van der Waals surface area (Å²) in [6.45, 7) is 2.78. The Labute approximate surface area is 84.9 Å². The van der Waals surface area contributed by atoms with Crippen molar-refractivity contribution in [3.63, 3.8) is 0 Å². The van der Waals surface area contributed by atoms with Crippen LogP contribution in [0.1, 0.15) is 19.3 Å². The molecule has 96 valence electrons. The molecule has 0 saturated carbocycles. The Kier molecular flexibility index (Phi) is 3.48. The van der Waals surface area contributed by atoms with Crippen LogP contribution in [0.15, 0.2) is 0 Å². The van der Waals surface area contributed by atoms with E-state index in [0.29, 0.717) is 0 Å². The zero-order chi connectivity index (χ0) is 12.4. The standard InChI is InChI=1S/C7H16N.F6P/c1-8(2)6-4-3-5-7-8;1-7(2,3,4,5)6/h3-7H2,1-2H3;/q+1;-1. The molecule has 1 aliphatic heterocycles. The van der Waals surface area contributed by atoms with Gasteiger partial charge in [0.1, 0.15) is 0 Å². The van der Waals surface area contributed by atoms with E-state index >= 15 is 0 Å². The zero-order valence-corrected chi connectivity index (χ0v) is 9.59. The number of piperidine rings is 1. The minimum atomic E-state index is -10.7. The van der Waals surface area contributed by atoms with Crippen molar-refractivity contribution < 1.29 is 29.7 Å². The molecule has 1 fully saturated rings. The molecule has 1 rings (SSSR count). The second-order valence-electron chi connectivity index (χ2n) is 4.40. The number of halogens is 6. The van der Waals surface area contributed by atoms with E-state index in [-0.39, 0.29) is 0 Å². The van der Waals surface area contributed by atoms with Crippen molar-refractivity contribution in [2.75, 3.05) is 27.2 Å². The van der Waals surface area contributed by atoms with E-state index in [1.807, 2.05) is 0 Å². The summed E-state index contributed by atoms with van der Waals surface area (Å²) in [5, 5.41) is 0. The van der Waals surface area contributed by atoms with Gasteiger partial charge in [0.25, 0.3) is 0 Å². The van der Waals surface area contributed by atoms with Crippen LogP contribution in [0, 0.1) is 0 Å². The van der Waals surface area contributed by atoms with E-state index in [9.17, 15) is 25.2 Å². The summed E-state index contributed by atoms with van der Waals surface area (Å²) >= 11 is 0. The van der Waals surface area contributed by atoms with E-state index in [1.165, 1.54) is 36.8 Å². The van der Waals surface area contributed by atoms with Crippen LogP contribution in [-0.2, 0) is 0 Å². The van der Waals surface area contributed by atoms with Crippen LogP contribution in [-0.4, -0.2) is 31.7 Å². The van der Waals surface area contributed by atoms with Gasteiger partial charge in [0.15, 0.2) is 0 Å². The summed E-state index contributed by atoms with van der Waals surface area (Å²) in [6, 6.07) is 0. The van der Waals surface area contributed by atoms with Gasteiger partial charge >= 0.3 is 33.0 Å². The molecule has 0 aromatic heterocycles. The predicted octanol–water partition coefficient (Wildman–Crippen LogP) is 4.63. The number of quaternary nitrogens is 1. The van der Waals surface area contributed by atoms with Gasteiger partial charge in [-0.3, -0.25) is 0 Å². The Morgan fingerprint density at radius 1 is 0.733 bits per heavy atom. The number of rotatable bonds is 0. The molecule has 0 aromatic carbocycles. The average molecular weight is 259 g/mol. The van der Waals surface area contributed by atoms with E-state index in [1.54, 1.807) is 0 Å². The van der Waals surface area contributed by atoms with Gasteiger partial charge in [0.05, 0.1) is 27.2 Å². The van der Waals surface area contributed by atoms with E-state index < -0.39 is 7.81 Å². The summed E-state index contributed by atoms with van der Waals surface area (Å²) < 4.78 is 60.4. The van der Waals surface area contributed by atoms with Gasteiger partial charge in [-0.15, -0.1) is 0 Å². The molecule has 0 N–H and O–H groups in total. The number of nitrogens with zero attached hydrogens (tertiary/aromatic N) is 1. The Bertz CT molecular complexity index is 197. The van der Waals surface area contributed by atoms with E-state index in [4.69, 9.17) is 0 Å². The van der Waals surface area contributed by atoms with Crippen LogP contribution in [0.3, 0.4) is 0 Å². The predicted molar refractivity (Wildman–Crippen MR) is 49.3 cm³/mol. The van der Waals surface area contributed by atoms with Gasteiger partial charge in [0.2, 0.25) is 0 Å². The first-order chi connectivity index (χ1) is 6.16. The first-order valence-corrected chi connectivity index (χ1v) is 6.57. The van der Waals surface area contributed by atoms with E-state index in [0.717, 1.165) is 0 Å². The van der Waals surface area contributed by atoms with Crippen molar-refractivity contribution in [1.82, 2.24) is 0 Å². The van der Waals surface area contributed by atoms with Gasteiger partial charge in [-0.1, -0.05) is 0 Å². The van der Waals surface area contributed by atoms with Crippen LogP contribution in [0.4, 0.5) is 25.2 Å².